The molecule has 1 unspecified atom stereocenters. The van der Waals surface area contributed by atoms with Crippen molar-refractivity contribution in [2.75, 3.05) is 29.2 Å². The Labute approximate surface area is 432 Å². The second kappa shape index (κ2) is 28.3. The van der Waals surface area contributed by atoms with Crippen LogP contribution in [0.1, 0.15) is 151 Å². The number of para-hydroxylation sites is 1. The number of anilines is 2. The summed E-state index contributed by atoms with van der Waals surface area (Å²) in [6.07, 6.45) is 17.3. The van der Waals surface area contributed by atoms with Crippen LogP contribution in [0.2, 0.25) is 0 Å². The van der Waals surface area contributed by atoms with Crippen molar-refractivity contribution in [1.82, 2.24) is 9.13 Å². The van der Waals surface area contributed by atoms with Gasteiger partial charge in [0, 0.05) is 18.4 Å². The maximum Gasteiger partial charge on any atom is 0.338 e. The average molecular weight is 1040 g/mol. The molecule has 0 spiro atoms. The van der Waals surface area contributed by atoms with Crippen molar-refractivity contribution in [3.8, 4) is 28.4 Å². The molecular formula is C56H74N4O11S2. The molecule has 15 nitrogen and oxygen atoms in total. The molecule has 1 aromatic heterocycles. The lowest BCUT2D eigenvalue weighted by molar-refractivity contribution is -0.120. The van der Waals surface area contributed by atoms with Crippen LogP contribution in [-0.2, 0) is 35.9 Å². The topological polar surface area (TPSA) is 198 Å². The zero-order chi connectivity index (χ0) is 53.0. The van der Waals surface area contributed by atoms with Crippen molar-refractivity contribution >= 4 is 48.9 Å². The predicted octanol–water partition coefficient (Wildman–Crippen LogP) is 11.6. The summed E-state index contributed by atoms with van der Waals surface area (Å²) in [4.78, 5) is 58.4. The molecule has 17 heteroatoms. The van der Waals surface area contributed by atoms with Crippen LogP contribution in [0.15, 0.2) is 107 Å². The number of nitrogens with zero attached hydrogens (tertiary/aromatic N) is 2. The van der Waals surface area contributed by atoms with Gasteiger partial charge in [0.1, 0.15) is 17.2 Å². The Morgan fingerprint density at radius 3 is 1.77 bits per heavy atom. The van der Waals surface area contributed by atoms with Crippen molar-refractivity contribution in [2.24, 2.45) is 0 Å². The van der Waals surface area contributed by atoms with E-state index in [2.05, 4.69) is 17.0 Å². The minimum absolute atomic E-state index is 0.0507. The van der Waals surface area contributed by atoms with E-state index in [0.29, 0.717) is 30.5 Å². The standard InChI is InChI=1S/C56H74N4O11S2/c1-7-9-11-12-13-14-15-16-17-18-19-20-21-28-38-69-55(63)43-33-35-46(49(39-43)70-41(3)4)57-54(62)53(71-48-36-34-45(72(5,65)66)40-47(48)58-73(6,67)68)52(61)51-50(42-29-24-22-25-30-42)59(37-10-8-2)56(64)60(51)44-31-26-23-27-32-44/h22-27,29-36,39-41,53,58H,7-21,28,37-38H2,1-6H3,(H,57,62). The molecular weight excluding hydrogens is 969 g/mol. The average Bonchev–Trinajstić information content (AvgIpc) is 3.64. The van der Waals surface area contributed by atoms with Gasteiger partial charge in [-0.1, -0.05) is 152 Å². The van der Waals surface area contributed by atoms with Crippen molar-refractivity contribution in [1.29, 1.82) is 0 Å². The number of carbonyl (C=O) groups is 3. The quantitative estimate of drug-likeness (QED) is 0.0180. The normalized spacial score (nSPS) is 12.1. The van der Waals surface area contributed by atoms with Crippen LogP contribution in [0, 0.1) is 0 Å². The van der Waals surface area contributed by atoms with Gasteiger partial charge < -0.3 is 19.5 Å². The Bertz CT molecular complexity index is 2880. The second-order valence-corrected chi connectivity index (χ2v) is 22.6. The first kappa shape index (κ1) is 57.7. The summed E-state index contributed by atoms with van der Waals surface area (Å²) in [6, 6.07) is 24.8. The zero-order valence-corrected chi connectivity index (χ0v) is 45.0. The van der Waals surface area contributed by atoms with Crippen molar-refractivity contribution in [2.45, 2.75) is 154 Å². The number of ether oxygens (including phenoxy) is 3. The monoisotopic (exact) mass is 1040 g/mol. The number of benzene rings is 4. The van der Waals surface area contributed by atoms with Crippen molar-refractivity contribution < 1.29 is 45.4 Å². The zero-order valence-electron chi connectivity index (χ0n) is 43.3. The second-order valence-electron chi connectivity index (χ2n) is 18.8. The number of hydrogen-bond acceptors (Lipinski definition) is 11. The Morgan fingerprint density at radius 2 is 1.21 bits per heavy atom. The summed E-state index contributed by atoms with van der Waals surface area (Å²) in [7, 11) is -7.99. The van der Waals surface area contributed by atoms with Crippen LogP contribution >= 0.6 is 0 Å². The van der Waals surface area contributed by atoms with Crippen molar-refractivity contribution in [3.63, 3.8) is 0 Å². The van der Waals surface area contributed by atoms with Crippen LogP contribution in [0.25, 0.3) is 16.9 Å². The van der Waals surface area contributed by atoms with Gasteiger partial charge in [-0.2, -0.15) is 0 Å². The van der Waals surface area contributed by atoms with E-state index in [1.807, 2.05) is 6.92 Å². The van der Waals surface area contributed by atoms with Gasteiger partial charge in [0.2, 0.25) is 21.9 Å². The Kier molecular flexibility index (Phi) is 22.4. The molecule has 1 amide bonds. The van der Waals surface area contributed by atoms with Gasteiger partial charge in [0.15, 0.2) is 9.84 Å². The molecule has 396 valence electrons. The van der Waals surface area contributed by atoms with Crippen molar-refractivity contribution in [3.05, 3.63) is 119 Å². The fourth-order valence-corrected chi connectivity index (χ4v) is 9.65. The first-order chi connectivity index (χ1) is 34.9. The minimum Gasteiger partial charge on any atom is -0.489 e. The van der Waals surface area contributed by atoms with Gasteiger partial charge in [-0.15, -0.1) is 0 Å². The number of ketones is 1. The van der Waals surface area contributed by atoms with E-state index < -0.39 is 55.4 Å². The fourth-order valence-electron chi connectivity index (χ4n) is 8.45. The minimum atomic E-state index is -4.10. The highest BCUT2D eigenvalue weighted by atomic mass is 32.2. The van der Waals surface area contributed by atoms with E-state index in [-0.39, 0.29) is 57.9 Å². The lowest BCUT2D eigenvalue weighted by Gasteiger charge is -2.22. The first-order valence-electron chi connectivity index (χ1n) is 25.7. The first-order valence-corrected chi connectivity index (χ1v) is 29.5. The number of unbranched alkanes of at least 4 members (excludes halogenated alkanes) is 14. The number of aromatic nitrogens is 2. The van der Waals surface area contributed by atoms with Gasteiger partial charge in [0.25, 0.3) is 5.91 Å². The summed E-state index contributed by atoms with van der Waals surface area (Å²) in [5, 5.41) is 2.74. The summed E-state index contributed by atoms with van der Waals surface area (Å²) >= 11 is 0. The lowest BCUT2D eigenvalue weighted by Crippen LogP contribution is -2.41. The van der Waals surface area contributed by atoms with E-state index in [1.165, 1.54) is 91.5 Å². The third-order valence-electron chi connectivity index (χ3n) is 12.1. The number of rotatable bonds is 32. The molecule has 0 saturated carbocycles. The molecule has 0 bridgehead atoms. The summed E-state index contributed by atoms with van der Waals surface area (Å²) < 4.78 is 73.7. The molecule has 1 heterocycles. The van der Waals surface area contributed by atoms with Crippen LogP contribution in [0.4, 0.5) is 11.4 Å². The molecule has 0 fully saturated rings. The van der Waals surface area contributed by atoms with E-state index in [4.69, 9.17) is 14.2 Å². The van der Waals surface area contributed by atoms with Crippen LogP contribution in [0.3, 0.4) is 0 Å². The van der Waals surface area contributed by atoms with Gasteiger partial charge in [0.05, 0.1) is 52.2 Å². The number of amides is 1. The summed E-state index contributed by atoms with van der Waals surface area (Å²) in [5.41, 5.74) is 0.0889. The van der Waals surface area contributed by atoms with E-state index in [1.54, 1.807) is 74.5 Å². The van der Waals surface area contributed by atoms with Gasteiger partial charge >= 0.3 is 11.7 Å². The van der Waals surface area contributed by atoms with Crippen LogP contribution in [0.5, 0.6) is 11.5 Å². The van der Waals surface area contributed by atoms with Crippen LogP contribution in [-0.4, -0.2) is 75.0 Å². The molecule has 2 N–H and O–H groups in total. The molecule has 0 radical (unpaired) electrons. The lowest BCUT2D eigenvalue weighted by atomic mass is 10.0. The highest BCUT2D eigenvalue weighted by Gasteiger charge is 2.38. The third kappa shape index (κ3) is 17.5. The molecule has 73 heavy (non-hydrogen) atoms. The van der Waals surface area contributed by atoms with E-state index >= 15 is 9.59 Å². The Balaban J connectivity index is 1.46. The number of Topliss-reactive ketones (excluding diaryl/α,β-unsaturated/α-hetero) is 1. The number of hydrogen-bond donors (Lipinski definition) is 2. The summed E-state index contributed by atoms with van der Waals surface area (Å²) in [6.45, 7) is 8.18. The molecule has 1 atom stereocenters. The van der Waals surface area contributed by atoms with Crippen LogP contribution < -0.4 is 25.2 Å². The SMILES string of the molecule is CCCCCCCCCCCCCCCCOC(=O)c1ccc(NC(=O)C(Oc2ccc(S(C)(=O)=O)cc2NS(C)(=O)=O)C(=O)c2c(-c3ccccc3)n(CCCC)c(=O)n2-c2ccccc2)c(OC(C)C)c1. The third-order valence-corrected chi connectivity index (χ3v) is 13.8. The maximum atomic E-state index is 15.6. The molecule has 0 saturated heterocycles. The Morgan fingerprint density at radius 1 is 0.630 bits per heavy atom. The van der Waals surface area contributed by atoms with Gasteiger partial charge in [-0.3, -0.25) is 23.4 Å². The molecule has 0 aliphatic heterocycles. The number of imidazole rings is 1. The number of nitrogens with one attached hydrogen (secondary N) is 2. The number of sulfonamides is 1. The molecule has 0 aliphatic carbocycles. The largest absolute Gasteiger partial charge is 0.489 e. The summed E-state index contributed by atoms with van der Waals surface area (Å²) in [5.74, 6) is -2.95. The number of carbonyl (C=O) groups excluding carboxylic acids is 3. The number of sulfone groups is 1. The predicted molar refractivity (Wildman–Crippen MR) is 289 cm³/mol. The molecule has 5 aromatic rings. The van der Waals surface area contributed by atoms with Gasteiger partial charge in [-0.25, -0.2) is 26.4 Å². The highest BCUT2D eigenvalue weighted by molar-refractivity contribution is 7.92. The number of esters is 1. The van der Waals surface area contributed by atoms with Gasteiger partial charge in [-0.05, 0) is 75.2 Å². The molecule has 4 aromatic carbocycles. The Hall–Kier alpha value is -6.20. The smallest absolute Gasteiger partial charge is 0.338 e. The van der Waals surface area contributed by atoms with E-state index in [9.17, 15) is 26.4 Å². The molecule has 5 rings (SSSR count). The van der Waals surface area contributed by atoms with E-state index in [0.717, 1.165) is 50.0 Å². The molecule has 0 aliphatic rings. The highest BCUT2D eigenvalue weighted by Crippen LogP contribution is 2.34. The fraction of sp³-hybridized carbons (Fsp3) is 0.464. The maximum absolute atomic E-state index is 15.6.